The molecule has 3 N–H and O–H groups in total. The van der Waals surface area contributed by atoms with Crippen LogP contribution in [0.1, 0.15) is 13.8 Å². The Morgan fingerprint density at radius 2 is 2.25 bits per heavy atom. The minimum atomic E-state index is 0.206. The zero-order valence-electron chi connectivity index (χ0n) is 9.77. The lowest BCUT2D eigenvalue weighted by atomic mass is 10.2. The molecule has 1 aromatic carbocycles. The molecule has 16 heavy (non-hydrogen) atoms. The van der Waals surface area contributed by atoms with Crippen molar-refractivity contribution in [2.24, 2.45) is 5.92 Å². The van der Waals surface area contributed by atoms with Crippen LogP contribution in [-0.4, -0.2) is 24.1 Å². The highest BCUT2D eigenvalue weighted by atomic mass is 32.2. The first-order valence-corrected chi connectivity index (χ1v) is 6.42. The fourth-order valence-electron chi connectivity index (χ4n) is 1.18. The maximum absolute atomic E-state index is 8.95. The third-order valence-electron chi connectivity index (χ3n) is 2.13. The van der Waals surface area contributed by atoms with Gasteiger partial charge >= 0.3 is 0 Å². The van der Waals surface area contributed by atoms with Gasteiger partial charge in [-0.3, -0.25) is 0 Å². The van der Waals surface area contributed by atoms with Gasteiger partial charge in [-0.25, -0.2) is 0 Å². The summed E-state index contributed by atoms with van der Waals surface area (Å²) in [6.07, 6.45) is 0. The average molecular weight is 241 g/mol. The average Bonchev–Trinajstić information content (AvgIpc) is 2.29. The van der Waals surface area contributed by atoms with E-state index in [9.17, 15) is 0 Å². The van der Waals surface area contributed by atoms with Gasteiger partial charge in [0.15, 0.2) is 0 Å². The van der Waals surface area contributed by atoms with E-state index in [4.69, 9.17) is 15.6 Å². The van der Waals surface area contributed by atoms with Crippen molar-refractivity contribution in [1.82, 2.24) is 0 Å². The number of nitrogen functional groups attached to an aromatic ring is 1. The van der Waals surface area contributed by atoms with E-state index < -0.39 is 0 Å². The molecule has 0 spiro atoms. The van der Waals surface area contributed by atoms with Gasteiger partial charge in [0.25, 0.3) is 0 Å². The van der Waals surface area contributed by atoms with Gasteiger partial charge in [0.1, 0.15) is 5.75 Å². The lowest BCUT2D eigenvalue weighted by molar-refractivity contribution is 0.250. The van der Waals surface area contributed by atoms with Gasteiger partial charge in [-0.15, -0.1) is 11.8 Å². The molecule has 0 aliphatic carbocycles. The highest BCUT2D eigenvalue weighted by Crippen LogP contribution is 2.30. The van der Waals surface area contributed by atoms with E-state index in [1.165, 1.54) is 0 Å². The normalized spacial score (nSPS) is 12.4. The van der Waals surface area contributed by atoms with Crippen LogP contribution in [0.4, 0.5) is 5.69 Å². The number of aliphatic hydroxyl groups is 1. The van der Waals surface area contributed by atoms with Crippen molar-refractivity contribution in [2.45, 2.75) is 18.7 Å². The number of benzene rings is 1. The second-order valence-electron chi connectivity index (χ2n) is 3.73. The van der Waals surface area contributed by atoms with Crippen molar-refractivity contribution in [3.8, 4) is 5.75 Å². The Labute approximate surface area is 101 Å². The van der Waals surface area contributed by atoms with Crippen LogP contribution in [-0.2, 0) is 0 Å². The standard InChI is InChI=1S/C12H19NO2S/c1-3-15-10-4-5-11(13)12(6-10)16-8-9(2)7-14/h4-6,9,14H,3,7-8,13H2,1-2H3. The molecular weight excluding hydrogens is 222 g/mol. The first-order valence-electron chi connectivity index (χ1n) is 5.43. The number of aliphatic hydroxyl groups excluding tert-OH is 1. The van der Waals surface area contributed by atoms with Crippen molar-refractivity contribution >= 4 is 17.4 Å². The predicted octanol–water partition coefficient (Wildman–Crippen LogP) is 2.39. The first kappa shape index (κ1) is 13.2. The van der Waals surface area contributed by atoms with Gasteiger partial charge in [0, 0.05) is 22.9 Å². The van der Waals surface area contributed by atoms with E-state index in [-0.39, 0.29) is 12.5 Å². The molecule has 0 bridgehead atoms. The number of anilines is 1. The van der Waals surface area contributed by atoms with E-state index in [1.54, 1.807) is 11.8 Å². The summed E-state index contributed by atoms with van der Waals surface area (Å²) in [6.45, 7) is 4.83. The van der Waals surface area contributed by atoms with Crippen molar-refractivity contribution < 1.29 is 9.84 Å². The van der Waals surface area contributed by atoms with E-state index in [1.807, 2.05) is 32.0 Å². The van der Waals surface area contributed by atoms with Crippen molar-refractivity contribution in [2.75, 3.05) is 24.7 Å². The number of ether oxygens (including phenoxy) is 1. The molecule has 3 nitrogen and oxygen atoms in total. The molecule has 0 saturated carbocycles. The summed E-state index contributed by atoms with van der Waals surface area (Å²) in [5.74, 6) is 1.98. The number of rotatable bonds is 6. The predicted molar refractivity (Wildman–Crippen MR) is 69.0 cm³/mol. The second-order valence-corrected chi connectivity index (χ2v) is 4.79. The van der Waals surface area contributed by atoms with Crippen LogP contribution in [0.5, 0.6) is 5.75 Å². The van der Waals surface area contributed by atoms with Crippen LogP contribution in [0, 0.1) is 5.92 Å². The Hall–Kier alpha value is -0.870. The van der Waals surface area contributed by atoms with E-state index in [2.05, 4.69) is 0 Å². The Morgan fingerprint density at radius 1 is 1.50 bits per heavy atom. The van der Waals surface area contributed by atoms with Crippen LogP contribution < -0.4 is 10.5 Å². The molecule has 0 fully saturated rings. The molecule has 0 radical (unpaired) electrons. The van der Waals surface area contributed by atoms with Crippen molar-refractivity contribution in [1.29, 1.82) is 0 Å². The molecular formula is C12H19NO2S. The molecule has 1 aromatic rings. The number of nitrogens with two attached hydrogens (primary N) is 1. The largest absolute Gasteiger partial charge is 0.494 e. The third kappa shape index (κ3) is 3.94. The lowest BCUT2D eigenvalue weighted by Gasteiger charge is -2.11. The summed E-state index contributed by atoms with van der Waals surface area (Å²) in [5, 5.41) is 8.95. The van der Waals surface area contributed by atoms with Crippen LogP contribution in [0.25, 0.3) is 0 Å². The Morgan fingerprint density at radius 3 is 2.88 bits per heavy atom. The molecule has 0 aliphatic heterocycles. The van der Waals surface area contributed by atoms with Gasteiger partial charge in [-0.05, 0) is 31.0 Å². The van der Waals surface area contributed by atoms with Gasteiger partial charge in [-0.1, -0.05) is 6.92 Å². The molecule has 4 heteroatoms. The van der Waals surface area contributed by atoms with Crippen LogP contribution in [0.2, 0.25) is 0 Å². The SMILES string of the molecule is CCOc1ccc(N)c(SCC(C)CO)c1. The molecule has 1 rings (SSSR count). The molecule has 1 unspecified atom stereocenters. The molecule has 0 aliphatic rings. The Kier molecular flexibility index (Phi) is 5.49. The minimum absolute atomic E-state index is 0.206. The molecule has 0 amide bonds. The third-order valence-corrected chi connectivity index (χ3v) is 3.53. The summed E-state index contributed by atoms with van der Waals surface area (Å²) in [4.78, 5) is 1.02. The first-order chi connectivity index (χ1) is 7.67. The second kappa shape index (κ2) is 6.66. The van der Waals surface area contributed by atoms with E-state index in [0.29, 0.717) is 6.61 Å². The summed E-state index contributed by atoms with van der Waals surface area (Å²) in [6, 6.07) is 5.68. The van der Waals surface area contributed by atoms with Gasteiger partial charge in [-0.2, -0.15) is 0 Å². The van der Waals surface area contributed by atoms with Crippen LogP contribution in [0.3, 0.4) is 0 Å². The minimum Gasteiger partial charge on any atom is -0.494 e. The summed E-state index contributed by atoms with van der Waals surface area (Å²) < 4.78 is 5.42. The number of thioether (sulfide) groups is 1. The van der Waals surface area contributed by atoms with Crippen LogP contribution >= 0.6 is 11.8 Å². The van der Waals surface area contributed by atoms with Crippen LogP contribution in [0.15, 0.2) is 23.1 Å². The number of hydrogen-bond donors (Lipinski definition) is 2. The fourth-order valence-corrected chi connectivity index (χ4v) is 2.18. The van der Waals surface area contributed by atoms with E-state index >= 15 is 0 Å². The summed E-state index contributed by atoms with van der Waals surface area (Å²) in [5.41, 5.74) is 6.64. The van der Waals surface area contributed by atoms with E-state index in [0.717, 1.165) is 22.1 Å². The molecule has 0 saturated heterocycles. The monoisotopic (exact) mass is 241 g/mol. The Balaban J connectivity index is 2.66. The topological polar surface area (TPSA) is 55.5 Å². The van der Waals surface area contributed by atoms with Crippen molar-refractivity contribution in [3.05, 3.63) is 18.2 Å². The number of hydrogen-bond acceptors (Lipinski definition) is 4. The maximum Gasteiger partial charge on any atom is 0.120 e. The zero-order valence-corrected chi connectivity index (χ0v) is 10.6. The quantitative estimate of drug-likeness (QED) is 0.593. The smallest absolute Gasteiger partial charge is 0.120 e. The van der Waals surface area contributed by atoms with Gasteiger partial charge < -0.3 is 15.6 Å². The van der Waals surface area contributed by atoms with Gasteiger partial charge in [0.2, 0.25) is 0 Å². The highest BCUT2D eigenvalue weighted by molar-refractivity contribution is 7.99. The Bertz CT molecular complexity index is 331. The lowest BCUT2D eigenvalue weighted by Crippen LogP contribution is -2.03. The maximum atomic E-state index is 8.95. The summed E-state index contributed by atoms with van der Waals surface area (Å²) in [7, 11) is 0. The highest BCUT2D eigenvalue weighted by Gasteiger charge is 2.06. The van der Waals surface area contributed by atoms with Crippen molar-refractivity contribution in [3.63, 3.8) is 0 Å². The molecule has 0 aromatic heterocycles. The molecule has 0 heterocycles. The molecule has 90 valence electrons. The van der Waals surface area contributed by atoms with Gasteiger partial charge in [0.05, 0.1) is 6.61 Å². The summed E-state index contributed by atoms with van der Waals surface area (Å²) >= 11 is 1.65. The molecule has 1 atom stereocenters. The zero-order chi connectivity index (χ0) is 12.0. The fraction of sp³-hybridized carbons (Fsp3) is 0.500.